The molecule has 0 fully saturated rings. The Balaban J connectivity index is 2.32. The number of hydrogen-bond acceptors (Lipinski definition) is 3. The van der Waals surface area contributed by atoms with E-state index in [1.54, 1.807) is 0 Å². The molecular formula is C11H20N4. The molecular weight excluding hydrogens is 188 g/mol. The van der Waals surface area contributed by atoms with E-state index in [-0.39, 0.29) is 5.54 Å². The third-order valence-corrected chi connectivity index (χ3v) is 3.14. The van der Waals surface area contributed by atoms with E-state index in [1.807, 2.05) is 0 Å². The van der Waals surface area contributed by atoms with Gasteiger partial charge in [0.15, 0.2) is 5.82 Å². The molecule has 1 aromatic heterocycles. The average molecular weight is 208 g/mol. The predicted octanol–water partition coefficient (Wildman–Crippen LogP) is 1.59. The molecule has 1 unspecified atom stereocenters. The van der Waals surface area contributed by atoms with Gasteiger partial charge in [0.25, 0.3) is 0 Å². The van der Waals surface area contributed by atoms with Crippen LogP contribution in [0.2, 0.25) is 0 Å². The van der Waals surface area contributed by atoms with E-state index in [1.165, 1.54) is 12.8 Å². The quantitative estimate of drug-likeness (QED) is 0.820. The summed E-state index contributed by atoms with van der Waals surface area (Å²) < 4.78 is 2.22. The lowest BCUT2D eigenvalue weighted by Crippen LogP contribution is -2.36. The Kier molecular flexibility index (Phi) is 2.78. The number of aromatic nitrogens is 3. The van der Waals surface area contributed by atoms with E-state index in [4.69, 9.17) is 5.73 Å². The summed E-state index contributed by atoms with van der Waals surface area (Å²) in [7, 11) is 0. The smallest absolute Gasteiger partial charge is 0.152 e. The molecule has 0 radical (unpaired) electrons. The molecule has 0 aromatic carbocycles. The van der Waals surface area contributed by atoms with Gasteiger partial charge in [-0.05, 0) is 26.2 Å². The first-order valence-corrected chi connectivity index (χ1v) is 5.86. The molecule has 15 heavy (non-hydrogen) atoms. The Labute approximate surface area is 90.9 Å². The van der Waals surface area contributed by atoms with Gasteiger partial charge in [-0.25, -0.2) is 0 Å². The molecule has 2 heterocycles. The highest BCUT2D eigenvalue weighted by Crippen LogP contribution is 2.24. The monoisotopic (exact) mass is 208 g/mol. The summed E-state index contributed by atoms with van der Waals surface area (Å²) in [6.07, 6.45) is 5.54. The van der Waals surface area contributed by atoms with Crippen molar-refractivity contribution in [3.63, 3.8) is 0 Å². The molecule has 1 aromatic rings. The molecule has 0 saturated heterocycles. The molecule has 1 aliphatic heterocycles. The predicted molar refractivity (Wildman–Crippen MR) is 59.4 cm³/mol. The second-order valence-electron chi connectivity index (χ2n) is 4.72. The molecule has 2 rings (SSSR count). The molecule has 0 bridgehead atoms. The highest BCUT2D eigenvalue weighted by Gasteiger charge is 2.28. The van der Waals surface area contributed by atoms with Crippen LogP contribution in [0.3, 0.4) is 0 Å². The van der Waals surface area contributed by atoms with E-state index in [9.17, 15) is 0 Å². The van der Waals surface area contributed by atoms with Crippen LogP contribution in [0, 0.1) is 0 Å². The van der Waals surface area contributed by atoms with Crippen molar-refractivity contribution >= 4 is 0 Å². The van der Waals surface area contributed by atoms with Crippen molar-refractivity contribution in [1.29, 1.82) is 0 Å². The summed E-state index contributed by atoms with van der Waals surface area (Å²) in [5.74, 6) is 2.09. The molecule has 0 amide bonds. The first-order valence-electron chi connectivity index (χ1n) is 5.86. The van der Waals surface area contributed by atoms with Crippen LogP contribution in [0.1, 0.15) is 51.2 Å². The number of rotatable bonds is 3. The van der Waals surface area contributed by atoms with E-state index in [0.29, 0.717) is 0 Å². The molecule has 1 atom stereocenters. The maximum absolute atomic E-state index is 6.29. The molecule has 4 nitrogen and oxygen atoms in total. The molecule has 1 aliphatic rings. The fraction of sp³-hybridized carbons (Fsp3) is 0.818. The fourth-order valence-corrected chi connectivity index (χ4v) is 2.36. The molecule has 84 valence electrons. The van der Waals surface area contributed by atoms with Gasteiger partial charge in [0.1, 0.15) is 5.82 Å². The Morgan fingerprint density at radius 3 is 2.93 bits per heavy atom. The molecule has 0 saturated carbocycles. The highest BCUT2D eigenvalue weighted by molar-refractivity contribution is 5.08. The second-order valence-corrected chi connectivity index (χ2v) is 4.72. The Hall–Kier alpha value is -0.900. The second kappa shape index (κ2) is 3.93. The van der Waals surface area contributed by atoms with Gasteiger partial charge in [0.2, 0.25) is 0 Å². The van der Waals surface area contributed by atoms with Crippen molar-refractivity contribution in [3.8, 4) is 0 Å². The zero-order valence-corrected chi connectivity index (χ0v) is 9.66. The molecule has 4 heteroatoms. The highest BCUT2D eigenvalue weighted by atomic mass is 15.3. The SMILES string of the molecule is CCCC(C)(N)c1nnc2n1CCCC2. The lowest BCUT2D eigenvalue weighted by atomic mass is 9.96. The zero-order valence-electron chi connectivity index (χ0n) is 9.66. The number of aryl methyl sites for hydroxylation is 1. The standard InChI is InChI=1S/C11H20N4/c1-3-7-11(2,12)10-14-13-9-6-4-5-8-15(9)10/h3-8,12H2,1-2H3. The van der Waals surface area contributed by atoms with Crippen molar-refractivity contribution in [2.24, 2.45) is 5.73 Å². The van der Waals surface area contributed by atoms with Crippen LogP contribution in [0.15, 0.2) is 0 Å². The van der Waals surface area contributed by atoms with Crippen molar-refractivity contribution in [2.45, 2.75) is 58.0 Å². The van der Waals surface area contributed by atoms with Crippen LogP contribution >= 0.6 is 0 Å². The third kappa shape index (κ3) is 1.91. The topological polar surface area (TPSA) is 56.7 Å². The average Bonchev–Trinajstić information content (AvgIpc) is 2.61. The molecule has 0 spiro atoms. The van der Waals surface area contributed by atoms with Crippen LogP contribution < -0.4 is 5.73 Å². The number of fused-ring (bicyclic) bond motifs is 1. The van der Waals surface area contributed by atoms with Gasteiger partial charge in [0, 0.05) is 13.0 Å². The summed E-state index contributed by atoms with van der Waals surface area (Å²) in [5.41, 5.74) is 5.97. The third-order valence-electron chi connectivity index (χ3n) is 3.14. The Morgan fingerprint density at radius 2 is 2.20 bits per heavy atom. The Morgan fingerprint density at radius 1 is 1.40 bits per heavy atom. The molecule has 0 aliphatic carbocycles. The van der Waals surface area contributed by atoms with Crippen LogP contribution in [0.5, 0.6) is 0 Å². The van der Waals surface area contributed by atoms with Crippen LogP contribution in [0.4, 0.5) is 0 Å². The van der Waals surface area contributed by atoms with Gasteiger partial charge >= 0.3 is 0 Å². The van der Waals surface area contributed by atoms with Gasteiger partial charge in [-0.15, -0.1) is 10.2 Å². The van der Waals surface area contributed by atoms with E-state index < -0.39 is 0 Å². The van der Waals surface area contributed by atoms with Gasteiger partial charge in [-0.3, -0.25) is 0 Å². The maximum atomic E-state index is 6.29. The number of hydrogen-bond donors (Lipinski definition) is 1. The van der Waals surface area contributed by atoms with Crippen LogP contribution in [0.25, 0.3) is 0 Å². The minimum Gasteiger partial charge on any atom is -0.319 e. The van der Waals surface area contributed by atoms with Crippen molar-refractivity contribution in [3.05, 3.63) is 11.6 Å². The van der Waals surface area contributed by atoms with Gasteiger partial charge in [-0.1, -0.05) is 13.3 Å². The maximum Gasteiger partial charge on any atom is 0.152 e. The minimum absolute atomic E-state index is 0.322. The lowest BCUT2D eigenvalue weighted by molar-refractivity contribution is 0.383. The normalized spacial score (nSPS) is 19.7. The number of nitrogens with two attached hydrogens (primary N) is 1. The van der Waals surface area contributed by atoms with E-state index >= 15 is 0 Å². The van der Waals surface area contributed by atoms with Crippen LogP contribution in [-0.2, 0) is 18.5 Å². The van der Waals surface area contributed by atoms with E-state index in [2.05, 4.69) is 28.6 Å². The van der Waals surface area contributed by atoms with Crippen molar-refractivity contribution < 1.29 is 0 Å². The summed E-state index contributed by atoms with van der Waals surface area (Å²) in [6, 6.07) is 0. The summed E-state index contributed by atoms with van der Waals surface area (Å²) in [6.45, 7) is 5.25. The number of nitrogens with zero attached hydrogens (tertiary/aromatic N) is 3. The van der Waals surface area contributed by atoms with Crippen molar-refractivity contribution in [1.82, 2.24) is 14.8 Å². The van der Waals surface area contributed by atoms with Crippen LogP contribution in [-0.4, -0.2) is 14.8 Å². The minimum atomic E-state index is -0.322. The summed E-state index contributed by atoms with van der Waals surface area (Å²) in [5, 5.41) is 8.51. The van der Waals surface area contributed by atoms with Crippen molar-refractivity contribution in [2.75, 3.05) is 0 Å². The lowest BCUT2D eigenvalue weighted by Gasteiger charge is -2.25. The fourth-order valence-electron chi connectivity index (χ4n) is 2.36. The first kappa shape index (κ1) is 10.6. The molecule has 2 N–H and O–H groups in total. The Bertz CT molecular complexity index is 340. The first-order chi connectivity index (χ1) is 7.15. The van der Waals surface area contributed by atoms with Gasteiger partial charge in [0.05, 0.1) is 5.54 Å². The zero-order chi connectivity index (χ0) is 10.9. The van der Waals surface area contributed by atoms with Gasteiger partial charge in [-0.2, -0.15) is 0 Å². The largest absolute Gasteiger partial charge is 0.319 e. The summed E-state index contributed by atoms with van der Waals surface area (Å²) in [4.78, 5) is 0. The summed E-state index contributed by atoms with van der Waals surface area (Å²) >= 11 is 0. The van der Waals surface area contributed by atoms with Gasteiger partial charge < -0.3 is 10.3 Å². The van der Waals surface area contributed by atoms with E-state index in [0.717, 1.165) is 37.5 Å².